The lowest BCUT2D eigenvalue weighted by Gasteiger charge is -2.23. The van der Waals surface area contributed by atoms with Crippen LogP contribution >= 0.6 is 15.9 Å². The summed E-state index contributed by atoms with van der Waals surface area (Å²) >= 11 is 3.25. The Balaban J connectivity index is 2.34. The summed E-state index contributed by atoms with van der Waals surface area (Å²) in [6.45, 7) is 0.435. The quantitative estimate of drug-likeness (QED) is 0.584. The van der Waals surface area contributed by atoms with Crippen molar-refractivity contribution < 1.29 is 22.4 Å². The van der Waals surface area contributed by atoms with E-state index in [1.807, 2.05) is 0 Å². The first kappa shape index (κ1) is 15.3. The molecule has 1 heterocycles. The van der Waals surface area contributed by atoms with E-state index in [2.05, 4.69) is 15.9 Å². The van der Waals surface area contributed by atoms with Gasteiger partial charge >= 0.3 is 6.18 Å². The maximum absolute atomic E-state index is 13.7. The van der Waals surface area contributed by atoms with Gasteiger partial charge in [0.05, 0.1) is 11.1 Å². The topological polar surface area (TPSA) is 20.3 Å². The maximum atomic E-state index is 13.7. The van der Waals surface area contributed by atoms with Crippen molar-refractivity contribution >= 4 is 21.8 Å². The Kier molecular flexibility index (Phi) is 4.36. The molecule has 1 aliphatic heterocycles. The van der Waals surface area contributed by atoms with Crippen LogP contribution in [0, 0.1) is 5.82 Å². The highest BCUT2D eigenvalue weighted by Crippen LogP contribution is 2.31. The molecule has 20 heavy (non-hydrogen) atoms. The zero-order valence-corrected chi connectivity index (χ0v) is 12.0. The fourth-order valence-corrected chi connectivity index (χ4v) is 2.96. The van der Waals surface area contributed by atoms with Gasteiger partial charge in [-0.2, -0.15) is 13.2 Å². The summed E-state index contributed by atoms with van der Waals surface area (Å²) < 4.78 is 51.6. The third-order valence-electron chi connectivity index (χ3n) is 3.34. The van der Waals surface area contributed by atoms with Crippen LogP contribution in [0.5, 0.6) is 0 Å². The smallest absolute Gasteiger partial charge is 0.335 e. The Hall–Kier alpha value is -1.11. The van der Waals surface area contributed by atoms with Gasteiger partial charge in [-0.3, -0.25) is 4.79 Å². The molecule has 2 rings (SSSR count). The SMILES string of the molecule is O=C(c1cc(C(F)(F)F)ccc1F)N1CCCC1CBr. The molecule has 0 aliphatic carbocycles. The molecule has 7 heteroatoms. The van der Waals surface area contributed by atoms with Crippen molar-refractivity contribution in [2.24, 2.45) is 0 Å². The van der Waals surface area contributed by atoms with E-state index < -0.39 is 29.0 Å². The average molecular weight is 354 g/mol. The molecule has 1 unspecified atom stereocenters. The molecular weight excluding hydrogens is 342 g/mol. The fourth-order valence-electron chi connectivity index (χ4n) is 2.28. The number of hydrogen-bond acceptors (Lipinski definition) is 1. The van der Waals surface area contributed by atoms with Crippen LogP contribution < -0.4 is 0 Å². The zero-order valence-electron chi connectivity index (χ0n) is 10.4. The molecule has 1 aromatic carbocycles. The molecule has 1 fully saturated rings. The van der Waals surface area contributed by atoms with Gasteiger partial charge < -0.3 is 4.90 Å². The zero-order chi connectivity index (χ0) is 14.9. The summed E-state index contributed by atoms with van der Waals surface area (Å²) in [5, 5.41) is 0.527. The summed E-state index contributed by atoms with van der Waals surface area (Å²) in [6, 6.07) is 1.81. The third kappa shape index (κ3) is 2.97. The minimum atomic E-state index is -4.59. The number of benzene rings is 1. The molecule has 1 saturated heterocycles. The van der Waals surface area contributed by atoms with Crippen molar-refractivity contribution in [1.29, 1.82) is 0 Å². The number of likely N-dealkylation sites (tertiary alicyclic amines) is 1. The predicted molar refractivity (Wildman–Crippen MR) is 69.3 cm³/mol. The highest BCUT2D eigenvalue weighted by atomic mass is 79.9. The molecule has 1 atom stereocenters. The minimum absolute atomic E-state index is 0.101. The molecule has 1 aromatic rings. The molecule has 1 amide bonds. The van der Waals surface area contributed by atoms with Gasteiger partial charge in [0.15, 0.2) is 0 Å². The van der Waals surface area contributed by atoms with Crippen LogP contribution in [0.3, 0.4) is 0 Å². The standard InChI is InChI=1S/C13H12BrF4NO/c14-7-9-2-1-5-19(9)12(20)10-6-8(13(16,17)18)3-4-11(10)15/h3-4,6,9H,1-2,5,7H2. The van der Waals surface area contributed by atoms with Gasteiger partial charge in [-0.1, -0.05) is 15.9 Å². The summed E-state index contributed by atoms with van der Waals surface area (Å²) in [5.41, 5.74) is -1.54. The van der Waals surface area contributed by atoms with Gasteiger partial charge in [0.25, 0.3) is 5.91 Å². The first-order chi connectivity index (χ1) is 9.34. The van der Waals surface area contributed by atoms with Crippen LogP contribution in [0.2, 0.25) is 0 Å². The molecule has 0 bridgehead atoms. The molecule has 0 spiro atoms. The summed E-state index contributed by atoms with van der Waals surface area (Å²) in [4.78, 5) is 13.6. The number of carbonyl (C=O) groups is 1. The predicted octanol–water partition coefficient (Wildman–Crippen LogP) is 3.84. The van der Waals surface area contributed by atoms with E-state index in [1.165, 1.54) is 4.90 Å². The van der Waals surface area contributed by atoms with Crippen LogP contribution in [-0.2, 0) is 6.18 Å². The van der Waals surface area contributed by atoms with E-state index >= 15 is 0 Å². The van der Waals surface area contributed by atoms with Crippen LogP contribution in [0.1, 0.15) is 28.8 Å². The minimum Gasteiger partial charge on any atom is -0.335 e. The highest BCUT2D eigenvalue weighted by molar-refractivity contribution is 9.09. The van der Waals surface area contributed by atoms with E-state index in [1.54, 1.807) is 0 Å². The van der Waals surface area contributed by atoms with Crippen molar-refractivity contribution in [3.05, 3.63) is 35.1 Å². The lowest BCUT2D eigenvalue weighted by molar-refractivity contribution is -0.137. The van der Waals surface area contributed by atoms with E-state index in [9.17, 15) is 22.4 Å². The average Bonchev–Trinajstić information content (AvgIpc) is 2.85. The normalized spacial score (nSPS) is 19.4. The molecule has 110 valence electrons. The first-order valence-corrected chi connectivity index (χ1v) is 7.20. The van der Waals surface area contributed by atoms with Gasteiger partial charge in [-0.25, -0.2) is 4.39 Å². The summed E-state index contributed by atoms with van der Waals surface area (Å²) in [6.07, 6.45) is -3.07. The van der Waals surface area contributed by atoms with E-state index in [0.29, 0.717) is 30.1 Å². The Morgan fingerprint density at radius 3 is 2.70 bits per heavy atom. The molecular formula is C13H12BrF4NO. The van der Waals surface area contributed by atoms with E-state index in [-0.39, 0.29) is 6.04 Å². The molecule has 2 nitrogen and oxygen atoms in total. The van der Waals surface area contributed by atoms with Crippen molar-refractivity contribution in [3.63, 3.8) is 0 Å². The second-order valence-corrected chi connectivity index (χ2v) is 5.29. The van der Waals surface area contributed by atoms with Crippen LogP contribution in [0.25, 0.3) is 0 Å². The Bertz CT molecular complexity index is 518. The second-order valence-electron chi connectivity index (χ2n) is 4.64. The Morgan fingerprint density at radius 1 is 1.40 bits per heavy atom. The number of nitrogens with zero attached hydrogens (tertiary/aromatic N) is 1. The van der Waals surface area contributed by atoms with Gasteiger partial charge in [-0.05, 0) is 31.0 Å². The molecule has 0 radical (unpaired) electrons. The second kappa shape index (κ2) is 5.71. The summed E-state index contributed by atoms with van der Waals surface area (Å²) in [7, 11) is 0. The molecule has 0 aromatic heterocycles. The van der Waals surface area contributed by atoms with Gasteiger partial charge in [-0.15, -0.1) is 0 Å². The van der Waals surface area contributed by atoms with Crippen LogP contribution in [0.4, 0.5) is 17.6 Å². The number of amides is 1. The monoisotopic (exact) mass is 353 g/mol. The third-order valence-corrected chi connectivity index (χ3v) is 4.09. The Morgan fingerprint density at radius 2 is 2.10 bits per heavy atom. The molecule has 1 aliphatic rings. The summed E-state index contributed by atoms with van der Waals surface area (Å²) in [5.74, 6) is -1.61. The number of hydrogen-bond donors (Lipinski definition) is 0. The number of alkyl halides is 4. The van der Waals surface area contributed by atoms with Gasteiger partial charge in [0, 0.05) is 17.9 Å². The lowest BCUT2D eigenvalue weighted by Crippen LogP contribution is -2.37. The van der Waals surface area contributed by atoms with E-state index in [0.717, 1.165) is 12.8 Å². The van der Waals surface area contributed by atoms with Crippen molar-refractivity contribution in [2.75, 3.05) is 11.9 Å². The van der Waals surface area contributed by atoms with Gasteiger partial charge in [0.2, 0.25) is 0 Å². The molecule has 0 N–H and O–H groups in total. The first-order valence-electron chi connectivity index (χ1n) is 6.08. The highest BCUT2D eigenvalue weighted by Gasteiger charge is 2.34. The number of halogens is 5. The number of carbonyl (C=O) groups excluding carboxylic acids is 1. The number of rotatable bonds is 2. The van der Waals surface area contributed by atoms with Crippen LogP contribution in [0.15, 0.2) is 18.2 Å². The van der Waals surface area contributed by atoms with Gasteiger partial charge in [0.1, 0.15) is 5.82 Å². The maximum Gasteiger partial charge on any atom is 0.416 e. The van der Waals surface area contributed by atoms with Crippen molar-refractivity contribution in [1.82, 2.24) is 4.90 Å². The Labute approximate surface area is 121 Å². The fraction of sp³-hybridized carbons (Fsp3) is 0.462. The largest absolute Gasteiger partial charge is 0.416 e. The van der Waals surface area contributed by atoms with Crippen molar-refractivity contribution in [2.45, 2.75) is 25.1 Å². The van der Waals surface area contributed by atoms with E-state index in [4.69, 9.17) is 0 Å². The van der Waals surface area contributed by atoms with Crippen LogP contribution in [-0.4, -0.2) is 28.7 Å². The lowest BCUT2D eigenvalue weighted by atomic mass is 10.1. The molecule has 0 saturated carbocycles. The van der Waals surface area contributed by atoms with Crippen molar-refractivity contribution in [3.8, 4) is 0 Å².